The minimum absolute atomic E-state index is 0.261. The lowest BCUT2D eigenvalue weighted by atomic mass is 10.1. The van der Waals surface area contributed by atoms with Crippen LogP contribution >= 0.6 is 0 Å². The van der Waals surface area contributed by atoms with E-state index in [1.807, 2.05) is 13.8 Å². The van der Waals surface area contributed by atoms with Gasteiger partial charge in [-0.2, -0.15) is 10.2 Å². The molecular weight excluding hydrogens is 324 g/mol. The van der Waals surface area contributed by atoms with Gasteiger partial charge in [-0.3, -0.25) is 9.89 Å². The van der Waals surface area contributed by atoms with Crippen molar-refractivity contribution in [1.29, 1.82) is 0 Å². The second kappa shape index (κ2) is 8.18. The first-order valence-electron chi connectivity index (χ1n) is 7.68. The first-order valence-corrected chi connectivity index (χ1v) is 7.68. The lowest BCUT2D eigenvalue weighted by Crippen LogP contribution is -2.18. The van der Waals surface area contributed by atoms with Crippen LogP contribution in [0.5, 0.6) is 17.2 Å². The highest BCUT2D eigenvalue weighted by Crippen LogP contribution is 2.37. The number of benzene rings is 1. The highest BCUT2D eigenvalue weighted by atomic mass is 16.5. The molecule has 25 heavy (non-hydrogen) atoms. The summed E-state index contributed by atoms with van der Waals surface area (Å²) >= 11 is 0. The normalized spacial score (nSPS) is 11.0. The number of hydrogen-bond donors (Lipinski definition) is 2. The fraction of sp³-hybridized carbons (Fsp3) is 0.353. The third-order valence-corrected chi connectivity index (χ3v) is 3.52. The highest BCUT2D eigenvalue weighted by molar-refractivity contribution is 5.93. The molecule has 2 rings (SSSR count). The second-order valence-corrected chi connectivity index (χ2v) is 5.52. The monoisotopic (exact) mass is 346 g/mol. The van der Waals surface area contributed by atoms with E-state index in [0.29, 0.717) is 22.8 Å². The molecule has 0 aliphatic heterocycles. The zero-order valence-electron chi connectivity index (χ0n) is 14.9. The van der Waals surface area contributed by atoms with Crippen molar-refractivity contribution in [3.05, 3.63) is 35.2 Å². The average Bonchev–Trinajstić information content (AvgIpc) is 3.11. The Hall–Kier alpha value is -3.03. The van der Waals surface area contributed by atoms with Gasteiger partial charge in [0.1, 0.15) is 0 Å². The van der Waals surface area contributed by atoms with E-state index in [-0.39, 0.29) is 11.6 Å². The maximum atomic E-state index is 12.0. The van der Waals surface area contributed by atoms with Gasteiger partial charge in [0, 0.05) is 11.3 Å². The minimum atomic E-state index is -0.396. The summed E-state index contributed by atoms with van der Waals surface area (Å²) in [7, 11) is 4.59. The fourth-order valence-corrected chi connectivity index (χ4v) is 2.15. The number of nitrogens with one attached hydrogen (secondary N) is 2. The Morgan fingerprint density at radius 3 is 2.28 bits per heavy atom. The predicted octanol–water partition coefficient (Wildman–Crippen LogP) is 2.32. The molecule has 0 radical (unpaired) electrons. The first-order chi connectivity index (χ1) is 12.0. The van der Waals surface area contributed by atoms with Gasteiger partial charge in [-0.25, -0.2) is 5.43 Å². The maximum Gasteiger partial charge on any atom is 0.291 e. The first kappa shape index (κ1) is 18.3. The summed E-state index contributed by atoms with van der Waals surface area (Å²) in [5, 5.41) is 10.7. The standard InChI is InChI=1S/C17H22N4O4/c1-10(2)12-8-13(20-19-12)17(22)21-18-9-11-6-14(23-3)16(25-5)15(7-11)24-4/h6-10H,1-5H3,(H,19,20)(H,21,22). The lowest BCUT2D eigenvalue weighted by molar-refractivity contribution is 0.0950. The second-order valence-electron chi connectivity index (χ2n) is 5.52. The van der Waals surface area contributed by atoms with Gasteiger partial charge in [0.2, 0.25) is 5.75 Å². The van der Waals surface area contributed by atoms with Crippen LogP contribution < -0.4 is 19.6 Å². The number of hydrogen-bond acceptors (Lipinski definition) is 6. The minimum Gasteiger partial charge on any atom is -0.493 e. The van der Waals surface area contributed by atoms with Gasteiger partial charge < -0.3 is 14.2 Å². The molecule has 0 saturated carbocycles. The number of aromatic nitrogens is 2. The Morgan fingerprint density at radius 2 is 1.80 bits per heavy atom. The molecule has 8 heteroatoms. The van der Waals surface area contributed by atoms with E-state index in [2.05, 4.69) is 20.7 Å². The number of nitrogens with zero attached hydrogens (tertiary/aromatic N) is 2. The Morgan fingerprint density at radius 1 is 1.16 bits per heavy atom. The van der Waals surface area contributed by atoms with Crippen molar-refractivity contribution in [3.8, 4) is 17.2 Å². The SMILES string of the molecule is COc1cc(C=NNC(=O)c2cc(C(C)C)[nH]n2)cc(OC)c1OC. The fourth-order valence-electron chi connectivity index (χ4n) is 2.15. The molecule has 0 bridgehead atoms. The molecule has 1 amide bonds. The summed E-state index contributed by atoms with van der Waals surface area (Å²) in [4.78, 5) is 12.0. The van der Waals surface area contributed by atoms with Gasteiger partial charge in [0.05, 0.1) is 27.5 Å². The zero-order valence-corrected chi connectivity index (χ0v) is 14.9. The van der Waals surface area contributed by atoms with E-state index in [1.165, 1.54) is 27.5 Å². The largest absolute Gasteiger partial charge is 0.493 e. The molecule has 0 atom stereocenters. The Bertz CT molecular complexity index is 743. The van der Waals surface area contributed by atoms with Crippen molar-refractivity contribution in [3.63, 3.8) is 0 Å². The van der Waals surface area contributed by atoms with E-state index < -0.39 is 5.91 Å². The molecular formula is C17H22N4O4. The van der Waals surface area contributed by atoms with Crippen LogP contribution in [0.25, 0.3) is 0 Å². The molecule has 0 unspecified atom stereocenters. The number of H-pyrrole nitrogens is 1. The van der Waals surface area contributed by atoms with Crippen molar-refractivity contribution in [2.24, 2.45) is 5.10 Å². The van der Waals surface area contributed by atoms with E-state index in [9.17, 15) is 4.79 Å². The van der Waals surface area contributed by atoms with Gasteiger partial charge in [-0.1, -0.05) is 13.8 Å². The number of amides is 1. The number of methoxy groups -OCH3 is 3. The third kappa shape index (κ3) is 4.28. The zero-order chi connectivity index (χ0) is 18.4. The van der Waals surface area contributed by atoms with Crippen molar-refractivity contribution in [2.45, 2.75) is 19.8 Å². The number of ether oxygens (including phenoxy) is 3. The van der Waals surface area contributed by atoms with E-state index in [0.717, 1.165) is 5.69 Å². The molecule has 0 fully saturated rings. The van der Waals surface area contributed by atoms with E-state index >= 15 is 0 Å². The molecule has 134 valence electrons. The predicted molar refractivity (Wildman–Crippen MR) is 93.8 cm³/mol. The number of carbonyl (C=O) groups excluding carboxylic acids is 1. The maximum absolute atomic E-state index is 12.0. The number of rotatable bonds is 7. The highest BCUT2D eigenvalue weighted by Gasteiger charge is 2.13. The summed E-state index contributed by atoms with van der Waals surface area (Å²) in [5.41, 5.74) is 4.29. The van der Waals surface area contributed by atoms with Gasteiger partial charge in [0.25, 0.3) is 5.91 Å². The van der Waals surface area contributed by atoms with Crippen molar-refractivity contribution >= 4 is 12.1 Å². The average molecular weight is 346 g/mol. The molecule has 0 saturated heterocycles. The van der Waals surface area contributed by atoms with Crippen LogP contribution in [0.15, 0.2) is 23.3 Å². The molecule has 0 aliphatic carbocycles. The summed E-state index contributed by atoms with van der Waals surface area (Å²) in [6.07, 6.45) is 1.48. The van der Waals surface area contributed by atoms with Crippen molar-refractivity contribution < 1.29 is 19.0 Å². The summed E-state index contributed by atoms with van der Waals surface area (Å²) in [6.45, 7) is 4.02. The summed E-state index contributed by atoms with van der Waals surface area (Å²) in [5.74, 6) is 1.36. The smallest absolute Gasteiger partial charge is 0.291 e. The van der Waals surface area contributed by atoms with Crippen LogP contribution in [0, 0.1) is 0 Å². The molecule has 1 heterocycles. The molecule has 0 spiro atoms. The van der Waals surface area contributed by atoms with E-state index in [1.54, 1.807) is 18.2 Å². The van der Waals surface area contributed by atoms with Crippen molar-refractivity contribution in [2.75, 3.05) is 21.3 Å². The van der Waals surface area contributed by atoms with Gasteiger partial charge in [-0.15, -0.1) is 0 Å². The summed E-state index contributed by atoms with van der Waals surface area (Å²) < 4.78 is 15.8. The van der Waals surface area contributed by atoms with Crippen LogP contribution in [0.4, 0.5) is 0 Å². The molecule has 0 aliphatic rings. The van der Waals surface area contributed by atoms with Crippen LogP contribution in [-0.4, -0.2) is 43.6 Å². The van der Waals surface area contributed by atoms with E-state index in [4.69, 9.17) is 14.2 Å². The van der Waals surface area contributed by atoms with Crippen LogP contribution in [0.2, 0.25) is 0 Å². The van der Waals surface area contributed by atoms with Crippen molar-refractivity contribution in [1.82, 2.24) is 15.6 Å². The van der Waals surface area contributed by atoms with Crippen LogP contribution in [0.3, 0.4) is 0 Å². The Labute approximate surface area is 146 Å². The van der Waals surface area contributed by atoms with Crippen LogP contribution in [0.1, 0.15) is 41.5 Å². The molecule has 8 nitrogen and oxygen atoms in total. The Kier molecular flexibility index (Phi) is 5.99. The van der Waals surface area contributed by atoms with Gasteiger partial charge in [0.15, 0.2) is 17.2 Å². The molecule has 1 aromatic heterocycles. The Balaban J connectivity index is 2.12. The number of carbonyl (C=O) groups is 1. The van der Waals surface area contributed by atoms with Gasteiger partial charge >= 0.3 is 0 Å². The lowest BCUT2D eigenvalue weighted by Gasteiger charge is -2.12. The quantitative estimate of drug-likeness (QED) is 0.592. The summed E-state index contributed by atoms with van der Waals surface area (Å²) in [6, 6.07) is 5.15. The molecule has 1 aromatic carbocycles. The third-order valence-electron chi connectivity index (χ3n) is 3.52. The molecule has 2 aromatic rings. The van der Waals surface area contributed by atoms with Crippen LogP contribution in [-0.2, 0) is 0 Å². The number of aromatic amines is 1. The topological polar surface area (TPSA) is 97.8 Å². The molecule has 2 N–H and O–H groups in total. The number of hydrazone groups is 1. The van der Waals surface area contributed by atoms with Gasteiger partial charge in [-0.05, 0) is 24.1 Å².